The van der Waals surface area contributed by atoms with Crippen molar-refractivity contribution in [1.82, 2.24) is 4.98 Å². The Morgan fingerprint density at radius 3 is 2.42 bits per heavy atom. The third-order valence-corrected chi connectivity index (χ3v) is 4.20. The van der Waals surface area contributed by atoms with Crippen LogP contribution in [0.2, 0.25) is 5.02 Å². The first kappa shape index (κ1) is 20.2. The molecule has 0 aliphatic rings. The van der Waals surface area contributed by atoms with Crippen LogP contribution in [0.1, 0.15) is 52.0 Å². The number of carbonyl (C=O) groups excluding carboxylic acids is 1. The molecule has 0 bridgehead atoms. The van der Waals surface area contributed by atoms with Crippen LogP contribution in [0.15, 0.2) is 42.6 Å². The van der Waals surface area contributed by atoms with Crippen LogP contribution in [0.5, 0.6) is 0 Å². The number of benzene rings is 1. The molecule has 2 aromatic rings. The standard InChI is InChI=1S/C20H25ClN2O3/c1-19(2,3)26-18(25)23-15-9-10-16(22-12-15)17(24)20(4,5)13-7-6-8-14(21)11-13/h6-12,17,24H,1-5H3,(H,23,25). The molecule has 1 aromatic carbocycles. The number of amides is 1. The van der Waals surface area contributed by atoms with Gasteiger partial charge in [-0.2, -0.15) is 0 Å². The van der Waals surface area contributed by atoms with Crippen molar-refractivity contribution in [2.24, 2.45) is 0 Å². The summed E-state index contributed by atoms with van der Waals surface area (Å²) in [6.07, 6.45) is 0.111. The molecule has 0 radical (unpaired) electrons. The lowest BCUT2D eigenvalue weighted by molar-refractivity contribution is 0.0636. The van der Waals surface area contributed by atoms with Gasteiger partial charge in [-0.3, -0.25) is 10.3 Å². The average molecular weight is 377 g/mol. The quantitative estimate of drug-likeness (QED) is 0.779. The van der Waals surface area contributed by atoms with Gasteiger partial charge in [-0.05, 0) is 50.6 Å². The Bertz CT molecular complexity index is 767. The fraction of sp³-hybridized carbons (Fsp3) is 0.400. The highest BCUT2D eigenvalue weighted by Crippen LogP contribution is 2.37. The fourth-order valence-corrected chi connectivity index (χ4v) is 2.67. The summed E-state index contributed by atoms with van der Waals surface area (Å²) in [5.41, 5.74) is 0.753. The lowest BCUT2D eigenvalue weighted by atomic mass is 9.78. The topological polar surface area (TPSA) is 71.5 Å². The Labute approximate surface area is 159 Å². The highest BCUT2D eigenvalue weighted by molar-refractivity contribution is 6.30. The minimum atomic E-state index is -0.837. The maximum Gasteiger partial charge on any atom is 0.412 e. The molecular formula is C20H25ClN2O3. The van der Waals surface area contributed by atoms with Crippen LogP contribution < -0.4 is 5.32 Å². The predicted octanol–water partition coefficient (Wildman–Crippen LogP) is 5.09. The van der Waals surface area contributed by atoms with Gasteiger partial charge in [-0.25, -0.2) is 4.79 Å². The average Bonchev–Trinajstić information content (AvgIpc) is 2.53. The van der Waals surface area contributed by atoms with Crippen LogP contribution in [0.25, 0.3) is 0 Å². The van der Waals surface area contributed by atoms with Gasteiger partial charge in [-0.15, -0.1) is 0 Å². The molecule has 0 aliphatic carbocycles. The van der Waals surface area contributed by atoms with E-state index in [-0.39, 0.29) is 0 Å². The van der Waals surface area contributed by atoms with Crippen molar-refractivity contribution in [3.05, 3.63) is 58.9 Å². The fourth-order valence-electron chi connectivity index (χ4n) is 2.48. The SMILES string of the molecule is CC(C)(C)OC(=O)Nc1ccc(C(O)C(C)(C)c2cccc(Cl)c2)nc1. The van der Waals surface area contributed by atoms with E-state index < -0.39 is 23.2 Å². The summed E-state index contributed by atoms with van der Waals surface area (Å²) < 4.78 is 5.20. The van der Waals surface area contributed by atoms with E-state index in [0.29, 0.717) is 16.4 Å². The molecule has 5 nitrogen and oxygen atoms in total. The number of aliphatic hydroxyl groups excluding tert-OH is 1. The number of nitrogens with zero attached hydrogens (tertiary/aromatic N) is 1. The van der Waals surface area contributed by atoms with Crippen molar-refractivity contribution >= 4 is 23.4 Å². The Hall–Kier alpha value is -2.11. The van der Waals surface area contributed by atoms with Gasteiger partial charge in [0.1, 0.15) is 11.7 Å². The molecule has 0 fully saturated rings. The van der Waals surface area contributed by atoms with Gasteiger partial charge < -0.3 is 9.84 Å². The first-order chi connectivity index (χ1) is 12.0. The van der Waals surface area contributed by atoms with E-state index in [4.69, 9.17) is 16.3 Å². The maximum atomic E-state index is 11.8. The minimum absolute atomic E-state index is 0.496. The Kier molecular flexibility index (Phi) is 5.94. The second-order valence-corrected chi connectivity index (χ2v) is 8.17. The van der Waals surface area contributed by atoms with Gasteiger partial charge in [0.05, 0.1) is 17.6 Å². The van der Waals surface area contributed by atoms with E-state index in [1.807, 2.05) is 32.0 Å². The molecular weight excluding hydrogens is 352 g/mol. The van der Waals surface area contributed by atoms with Crippen LogP contribution >= 0.6 is 11.6 Å². The van der Waals surface area contributed by atoms with Crippen molar-refractivity contribution in [3.63, 3.8) is 0 Å². The molecule has 1 aromatic heterocycles. The molecule has 1 atom stereocenters. The number of halogens is 1. The smallest absolute Gasteiger partial charge is 0.412 e. The molecule has 140 valence electrons. The number of hydrogen-bond donors (Lipinski definition) is 2. The predicted molar refractivity (Wildman–Crippen MR) is 104 cm³/mol. The number of aliphatic hydroxyl groups is 1. The molecule has 0 spiro atoms. The van der Waals surface area contributed by atoms with Crippen LogP contribution in [-0.2, 0) is 10.2 Å². The van der Waals surface area contributed by atoms with Gasteiger partial charge in [0.15, 0.2) is 0 Å². The molecule has 0 saturated heterocycles. The van der Waals surface area contributed by atoms with E-state index in [9.17, 15) is 9.90 Å². The van der Waals surface area contributed by atoms with Crippen LogP contribution in [0, 0.1) is 0 Å². The minimum Gasteiger partial charge on any atom is -0.444 e. The number of nitrogens with one attached hydrogen (secondary N) is 1. The molecule has 1 amide bonds. The largest absolute Gasteiger partial charge is 0.444 e. The summed E-state index contributed by atoms with van der Waals surface area (Å²) in [5, 5.41) is 14.0. The molecule has 0 aliphatic heterocycles. The zero-order chi connectivity index (χ0) is 19.5. The highest BCUT2D eigenvalue weighted by Gasteiger charge is 2.32. The summed E-state index contributed by atoms with van der Waals surface area (Å²) in [6, 6.07) is 10.8. The van der Waals surface area contributed by atoms with Crippen LogP contribution in [0.3, 0.4) is 0 Å². The zero-order valence-electron chi connectivity index (χ0n) is 15.7. The first-order valence-electron chi connectivity index (χ1n) is 8.39. The van der Waals surface area contributed by atoms with Gasteiger partial charge >= 0.3 is 6.09 Å². The second-order valence-electron chi connectivity index (χ2n) is 7.73. The maximum absolute atomic E-state index is 11.8. The lowest BCUT2D eigenvalue weighted by Gasteiger charge is -2.31. The number of anilines is 1. The molecule has 1 unspecified atom stereocenters. The van der Waals surface area contributed by atoms with E-state index in [0.717, 1.165) is 5.56 Å². The van der Waals surface area contributed by atoms with Gasteiger partial charge in [-0.1, -0.05) is 37.6 Å². The second kappa shape index (κ2) is 7.64. The van der Waals surface area contributed by atoms with E-state index in [1.165, 1.54) is 6.20 Å². The number of hydrogen-bond acceptors (Lipinski definition) is 4. The zero-order valence-corrected chi connectivity index (χ0v) is 16.5. The number of aromatic nitrogens is 1. The van der Waals surface area contributed by atoms with Crippen LogP contribution in [-0.4, -0.2) is 21.8 Å². The number of rotatable bonds is 4. The summed E-state index contributed by atoms with van der Waals surface area (Å²) in [6.45, 7) is 9.24. The van der Waals surface area contributed by atoms with Crippen molar-refractivity contribution in [1.29, 1.82) is 0 Å². The third kappa shape index (κ3) is 5.19. The van der Waals surface area contributed by atoms with Crippen molar-refractivity contribution in [2.45, 2.75) is 51.7 Å². The van der Waals surface area contributed by atoms with E-state index in [2.05, 4.69) is 10.3 Å². The summed E-state index contributed by atoms with van der Waals surface area (Å²) >= 11 is 6.07. The van der Waals surface area contributed by atoms with Gasteiger partial charge in [0.2, 0.25) is 0 Å². The van der Waals surface area contributed by atoms with Crippen molar-refractivity contribution < 1.29 is 14.6 Å². The lowest BCUT2D eigenvalue weighted by Crippen LogP contribution is -2.28. The normalized spacial score (nSPS) is 13.2. The number of pyridine rings is 1. The summed E-state index contributed by atoms with van der Waals surface area (Å²) in [5.74, 6) is 0. The van der Waals surface area contributed by atoms with Gasteiger partial charge in [0.25, 0.3) is 0 Å². The van der Waals surface area contributed by atoms with Crippen LogP contribution in [0.4, 0.5) is 10.5 Å². The Morgan fingerprint density at radius 1 is 1.19 bits per heavy atom. The third-order valence-electron chi connectivity index (χ3n) is 3.96. The van der Waals surface area contributed by atoms with E-state index >= 15 is 0 Å². The first-order valence-corrected chi connectivity index (χ1v) is 8.77. The van der Waals surface area contributed by atoms with Crippen molar-refractivity contribution in [3.8, 4) is 0 Å². The van der Waals surface area contributed by atoms with Crippen molar-refractivity contribution in [2.75, 3.05) is 5.32 Å². The molecule has 0 saturated carbocycles. The van der Waals surface area contributed by atoms with E-state index in [1.54, 1.807) is 39.0 Å². The highest BCUT2D eigenvalue weighted by atomic mass is 35.5. The Balaban J connectivity index is 2.13. The number of ether oxygens (including phenoxy) is 1. The molecule has 6 heteroatoms. The molecule has 2 N–H and O–H groups in total. The molecule has 2 rings (SSSR count). The van der Waals surface area contributed by atoms with Gasteiger partial charge in [0, 0.05) is 10.4 Å². The summed E-state index contributed by atoms with van der Waals surface area (Å²) in [7, 11) is 0. The number of carbonyl (C=O) groups is 1. The Morgan fingerprint density at radius 2 is 1.88 bits per heavy atom. The molecule has 26 heavy (non-hydrogen) atoms. The monoisotopic (exact) mass is 376 g/mol. The molecule has 1 heterocycles. The summed E-state index contributed by atoms with van der Waals surface area (Å²) in [4.78, 5) is 16.1.